The molecule has 7 heteroatoms. The second-order valence-corrected chi connectivity index (χ2v) is 8.68. The Morgan fingerprint density at radius 2 is 1.77 bits per heavy atom. The van der Waals surface area contributed by atoms with E-state index >= 15 is 0 Å². The van der Waals surface area contributed by atoms with Crippen LogP contribution in [0.3, 0.4) is 0 Å². The molecule has 0 aliphatic carbocycles. The van der Waals surface area contributed by atoms with Crippen LogP contribution in [0.15, 0.2) is 54.6 Å². The van der Waals surface area contributed by atoms with Gasteiger partial charge in [0.1, 0.15) is 0 Å². The molecule has 31 heavy (non-hydrogen) atoms. The maximum Gasteiger partial charge on any atom is 0.234 e. The SMILES string of the molecule is N#Cc1ccccc1CSCCNC(=O)CN1CCC(C(=O)Nc2ccccc2)CC1. The zero-order valence-electron chi connectivity index (χ0n) is 17.5. The third-order valence-electron chi connectivity index (χ3n) is 5.33. The summed E-state index contributed by atoms with van der Waals surface area (Å²) < 4.78 is 0. The molecule has 162 valence electrons. The molecule has 2 N–H and O–H groups in total. The second-order valence-electron chi connectivity index (χ2n) is 7.58. The van der Waals surface area contributed by atoms with Crippen LogP contribution in [0.25, 0.3) is 0 Å². The van der Waals surface area contributed by atoms with Crippen molar-refractivity contribution >= 4 is 29.3 Å². The van der Waals surface area contributed by atoms with Crippen molar-refractivity contribution < 1.29 is 9.59 Å². The molecule has 2 aromatic rings. The molecular formula is C24H28N4O2S. The molecule has 1 aliphatic rings. The molecule has 0 unspecified atom stereocenters. The van der Waals surface area contributed by atoms with Crippen molar-refractivity contribution in [2.75, 3.05) is 37.2 Å². The van der Waals surface area contributed by atoms with Crippen molar-refractivity contribution in [2.24, 2.45) is 5.92 Å². The van der Waals surface area contributed by atoms with Gasteiger partial charge in [0.2, 0.25) is 11.8 Å². The van der Waals surface area contributed by atoms with Crippen LogP contribution in [0.2, 0.25) is 0 Å². The van der Waals surface area contributed by atoms with Crippen LogP contribution in [0, 0.1) is 17.2 Å². The lowest BCUT2D eigenvalue weighted by molar-refractivity contribution is -0.123. The van der Waals surface area contributed by atoms with Gasteiger partial charge in [-0.25, -0.2) is 0 Å². The number of amides is 2. The van der Waals surface area contributed by atoms with E-state index < -0.39 is 0 Å². The standard InChI is InChI=1S/C24H28N4O2S/c25-16-20-6-4-5-7-21(20)18-31-15-12-26-23(29)17-28-13-10-19(11-14-28)24(30)27-22-8-2-1-3-9-22/h1-9,19H,10-15,17-18H2,(H,26,29)(H,27,30). The first-order valence-electron chi connectivity index (χ1n) is 10.6. The van der Waals surface area contributed by atoms with Gasteiger partial charge in [0.25, 0.3) is 0 Å². The van der Waals surface area contributed by atoms with E-state index in [9.17, 15) is 9.59 Å². The van der Waals surface area contributed by atoms with E-state index in [0.717, 1.165) is 48.7 Å². The largest absolute Gasteiger partial charge is 0.354 e. The van der Waals surface area contributed by atoms with Crippen molar-refractivity contribution in [1.29, 1.82) is 5.26 Å². The fourth-order valence-corrected chi connectivity index (χ4v) is 4.44. The molecule has 0 spiro atoms. The number of hydrogen-bond donors (Lipinski definition) is 2. The molecule has 2 amide bonds. The molecule has 1 fully saturated rings. The number of hydrogen-bond acceptors (Lipinski definition) is 5. The number of nitriles is 1. The molecule has 2 aromatic carbocycles. The number of piperidine rings is 1. The van der Waals surface area contributed by atoms with E-state index in [1.807, 2.05) is 54.6 Å². The maximum atomic E-state index is 12.4. The molecule has 0 atom stereocenters. The smallest absolute Gasteiger partial charge is 0.234 e. The van der Waals surface area contributed by atoms with Gasteiger partial charge < -0.3 is 10.6 Å². The summed E-state index contributed by atoms with van der Waals surface area (Å²) in [5.74, 6) is 1.63. The van der Waals surface area contributed by atoms with Crippen LogP contribution >= 0.6 is 11.8 Å². The minimum atomic E-state index is -0.00722. The van der Waals surface area contributed by atoms with Crippen LogP contribution < -0.4 is 10.6 Å². The Bertz CT molecular complexity index is 905. The van der Waals surface area contributed by atoms with Gasteiger partial charge in [-0.05, 0) is 49.7 Å². The molecule has 3 rings (SSSR count). The number of nitrogens with zero attached hydrogens (tertiary/aromatic N) is 2. The number of benzene rings is 2. The van der Waals surface area contributed by atoms with Gasteiger partial charge in [0.15, 0.2) is 0 Å². The van der Waals surface area contributed by atoms with Crippen molar-refractivity contribution in [3.8, 4) is 6.07 Å². The highest BCUT2D eigenvalue weighted by Crippen LogP contribution is 2.19. The lowest BCUT2D eigenvalue weighted by Gasteiger charge is -2.30. The first-order valence-corrected chi connectivity index (χ1v) is 11.7. The van der Waals surface area contributed by atoms with Crippen LogP contribution in [0.1, 0.15) is 24.0 Å². The molecule has 1 aliphatic heterocycles. The van der Waals surface area contributed by atoms with Crippen LogP contribution in [-0.2, 0) is 15.3 Å². The fourth-order valence-electron chi connectivity index (χ4n) is 3.58. The van der Waals surface area contributed by atoms with E-state index in [1.165, 1.54) is 0 Å². The molecule has 0 radical (unpaired) electrons. The summed E-state index contributed by atoms with van der Waals surface area (Å²) in [6, 6.07) is 19.3. The molecule has 1 heterocycles. The van der Waals surface area contributed by atoms with E-state index in [0.29, 0.717) is 18.7 Å². The first-order chi connectivity index (χ1) is 15.2. The second kappa shape index (κ2) is 12.1. The lowest BCUT2D eigenvalue weighted by atomic mass is 9.96. The fraction of sp³-hybridized carbons (Fsp3) is 0.375. The summed E-state index contributed by atoms with van der Waals surface area (Å²) in [5.41, 5.74) is 2.56. The highest BCUT2D eigenvalue weighted by molar-refractivity contribution is 7.98. The van der Waals surface area contributed by atoms with Crippen molar-refractivity contribution in [2.45, 2.75) is 18.6 Å². The first kappa shape index (κ1) is 22.9. The van der Waals surface area contributed by atoms with Gasteiger partial charge >= 0.3 is 0 Å². The molecule has 1 saturated heterocycles. The van der Waals surface area contributed by atoms with E-state index in [-0.39, 0.29) is 17.7 Å². The monoisotopic (exact) mass is 436 g/mol. The van der Waals surface area contributed by atoms with Crippen LogP contribution in [0.5, 0.6) is 0 Å². The van der Waals surface area contributed by atoms with Gasteiger partial charge in [0.05, 0.1) is 18.2 Å². The van der Waals surface area contributed by atoms with Gasteiger partial charge in [0, 0.05) is 29.7 Å². The predicted octanol–water partition coefficient (Wildman–Crippen LogP) is 3.26. The van der Waals surface area contributed by atoms with Crippen molar-refractivity contribution in [3.05, 3.63) is 65.7 Å². The topological polar surface area (TPSA) is 85.2 Å². The van der Waals surface area contributed by atoms with Crippen molar-refractivity contribution in [3.63, 3.8) is 0 Å². The van der Waals surface area contributed by atoms with Gasteiger partial charge in [-0.1, -0.05) is 36.4 Å². The Morgan fingerprint density at radius 1 is 1.06 bits per heavy atom. The number of likely N-dealkylation sites (tertiary alicyclic amines) is 1. The summed E-state index contributed by atoms with van der Waals surface area (Å²) in [6.45, 7) is 2.48. The average molecular weight is 437 g/mol. The Kier molecular flexibility index (Phi) is 8.95. The molecule has 0 aromatic heterocycles. The number of para-hydroxylation sites is 1. The predicted molar refractivity (Wildman–Crippen MR) is 125 cm³/mol. The number of thioether (sulfide) groups is 1. The summed E-state index contributed by atoms with van der Waals surface area (Å²) in [7, 11) is 0. The molecule has 0 saturated carbocycles. The normalized spacial score (nSPS) is 14.5. The summed E-state index contributed by atoms with van der Waals surface area (Å²) in [4.78, 5) is 26.7. The third kappa shape index (κ3) is 7.42. The number of anilines is 1. The number of rotatable bonds is 9. The minimum Gasteiger partial charge on any atom is -0.354 e. The van der Waals surface area contributed by atoms with Gasteiger partial charge in [-0.15, -0.1) is 0 Å². The zero-order chi connectivity index (χ0) is 21.9. The Morgan fingerprint density at radius 3 is 2.52 bits per heavy atom. The van der Waals surface area contributed by atoms with E-state index in [2.05, 4.69) is 21.6 Å². The average Bonchev–Trinajstić information content (AvgIpc) is 2.80. The minimum absolute atomic E-state index is 0.00722. The molecule has 0 bridgehead atoms. The molecular weight excluding hydrogens is 408 g/mol. The highest BCUT2D eigenvalue weighted by atomic mass is 32.2. The Balaban J connectivity index is 1.28. The van der Waals surface area contributed by atoms with Crippen LogP contribution in [-0.4, -0.2) is 48.6 Å². The quantitative estimate of drug-likeness (QED) is 0.590. The van der Waals surface area contributed by atoms with E-state index in [1.54, 1.807) is 11.8 Å². The number of nitrogens with one attached hydrogen (secondary N) is 2. The summed E-state index contributed by atoms with van der Waals surface area (Å²) >= 11 is 1.70. The maximum absolute atomic E-state index is 12.4. The molecule has 6 nitrogen and oxygen atoms in total. The highest BCUT2D eigenvalue weighted by Gasteiger charge is 2.25. The van der Waals surface area contributed by atoms with Gasteiger partial charge in [-0.3, -0.25) is 14.5 Å². The van der Waals surface area contributed by atoms with Crippen molar-refractivity contribution in [1.82, 2.24) is 10.2 Å². The summed E-state index contributed by atoms with van der Waals surface area (Å²) in [6.07, 6.45) is 1.53. The van der Waals surface area contributed by atoms with E-state index in [4.69, 9.17) is 5.26 Å². The third-order valence-corrected chi connectivity index (χ3v) is 6.34. The van der Waals surface area contributed by atoms with Crippen LogP contribution in [0.4, 0.5) is 5.69 Å². The summed E-state index contributed by atoms with van der Waals surface area (Å²) in [5, 5.41) is 15.1. The number of carbonyl (C=O) groups excluding carboxylic acids is 2. The lowest BCUT2D eigenvalue weighted by Crippen LogP contribution is -2.43. The Hall–Kier alpha value is -2.82. The van der Waals surface area contributed by atoms with Gasteiger partial charge in [-0.2, -0.15) is 17.0 Å². The zero-order valence-corrected chi connectivity index (χ0v) is 18.4. The number of carbonyl (C=O) groups is 2. The Labute approximate surface area is 188 Å².